The summed E-state index contributed by atoms with van der Waals surface area (Å²) >= 11 is 0. The smallest absolute Gasteiger partial charge is 0.248 e. The van der Waals surface area contributed by atoms with E-state index in [-0.39, 0.29) is 5.56 Å². The van der Waals surface area contributed by atoms with Gasteiger partial charge in [-0.05, 0) is 12.1 Å². The summed E-state index contributed by atoms with van der Waals surface area (Å²) in [4.78, 5) is 14.1. The molecule has 0 unspecified atom stereocenters. The quantitative estimate of drug-likeness (QED) is 0.684. The van der Waals surface area contributed by atoms with Crippen LogP contribution in [0.2, 0.25) is 0 Å². The number of H-pyrrole nitrogens is 2. The van der Waals surface area contributed by atoms with Crippen LogP contribution in [-0.2, 0) is 0 Å². The van der Waals surface area contributed by atoms with Crippen LogP contribution in [-0.4, -0.2) is 22.3 Å². The molecule has 0 aliphatic carbocycles. The van der Waals surface area contributed by atoms with Crippen molar-refractivity contribution >= 4 is 5.82 Å². The van der Waals surface area contributed by atoms with Crippen molar-refractivity contribution < 1.29 is 4.74 Å². The van der Waals surface area contributed by atoms with Crippen molar-refractivity contribution in [3.05, 3.63) is 52.9 Å². The molecule has 0 amide bonds. The molecule has 3 rings (SSSR count). The number of anilines is 1. The van der Waals surface area contributed by atoms with Crippen molar-refractivity contribution in [1.29, 1.82) is 0 Å². The highest BCUT2D eigenvalue weighted by Crippen LogP contribution is 2.38. The maximum Gasteiger partial charge on any atom is 0.248 e. The SMILES string of the molecule is COc1ccccc1-c1c(N)n[nH]c1-c1cc[nH]c(=O)c1. The van der Waals surface area contributed by atoms with Gasteiger partial charge in [0, 0.05) is 23.4 Å². The fraction of sp³-hybridized carbons (Fsp3) is 0.0667. The zero-order valence-corrected chi connectivity index (χ0v) is 11.4. The van der Waals surface area contributed by atoms with E-state index >= 15 is 0 Å². The molecule has 2 heterocycles. The van der Waals surface area contributed by atoms with Gasteiger partial charge in [0.15, 0.2) is 5.82 Å². The number of methoxy groups -OCH3 is 1. The predicted octanol–water partition coefficient (Wildman–Crippen LogP) is 2.02. The van der Waals surface area contributed by atoms with Crippen LogP contribution in [0, 0.1) is 0 Å². The van der Waals surface area contributed by atoms with Gasteiger partial charge in [0.2, 0.25) is 5.56 Å². The van der Waals surface area contributed by atoms with Crippen LogP contribution in [0.4, 0.5) is 5.82 Å². The number of aromatic amines is 2. The van der Waals surface area contributed by atoms with E-state index in [9.17, 15) is 4.79 Å². The second-order valence-electron chi connectivity index (χ2n) is 4.50. The number of hydrogen-bond acceptors (Lipinski definition) is 4. The highest BCUT2D eigenvalue weighted by atomic mass is 16.5. The second-order valence-corrected chi connectivity index (χ2v) is 4.50. The van der Waals surface area contributed by atoms with Gasteiger partial charge in [-0.25, -0.2) is 0 Å². The maximum atomic E-state index is 11.5. The first-order valence-corrected chi connectivity index (χ1v) is 6.37. The Morgan fingerprint density at radius 1 is 1.24 bits per heavy atom. The molecule has 0 spiro atoms. The van der Waals surface area contributed by atoms with Crippen LogP contribution in [0.15, 0.2) is 47.4 Å². The van der Waals surface area contributed by atoms with Gasteiger partial charge in [0.05, 0.1) is 18.4 Å². The molecular formula is C15H14N4O2. The molecule has 0 saturated carbocycles. The van der Waals surface area contributed by atoms with Crippen LogP contribution in [0.3, 0.4) is 0 Å². The highest BCUT2D eigenvalue weighted by molar-refractivity contribution is 5.90. The fourth-order valence-corrected chi connectivity index (χ4v) is 2.29. The van der Waals surface area contributed by atoms with E-state index in [0.29, 0.717) is 22.8 Å². The summed E-state index contributed by atoms with van der Waals surface area (Å²) in [6, 6.07) is 10.8. The van der Waals surface area contributed by atoms with Gasteiger partial charge in [0.25, 0.3) is 0 Å². The van der Waals surface area contributed by atoms with Crippen LogP contribution in [0.5, 0.6) is 5.75 Å². The Bertz CT molecular complexity index is 835. The molecule has 3 aromatic rings. The number of rotatable bonds is 3. The summed E-state index contributed by atoms with van der Waals surface area (Å²) in [6.45, 7) is 0. The van der Waals surface area contributed by atoms with Gasteiger partial charge in [-0.3, -0.25) is 9.89 Å². The topological polar surface area (TPSA) is 96.8 Å². The summed E-state index contributed by atoms with van der Waals surface area (Å²) in [5.74, 6) is 1.05. The van der Waals surface area contributed by atoms with Crippen molar-refractivity contribution in [1.82, 2.24) is 15.2 Å². The lowest BCUT2D eigenvalue weighted by Gasteiger charge is -2.09. The van der Waals surface area contributed by atoms with E-state index in [0.717, 1.165) is 11.1 Å². The summed E-state index contributed by atoms with van der Waals surface area (Å²) in [5, 5.41) is 6.94. The summed E-state index contributed by atoms with van der Waals surface area (Å²) in [6.07, 6.45) is 1.58. The summed E-state index contributed by atoms with van der Waals surface area (Å²) < 4.78 is 5.37. The molecule has 21 heavy (non-hydrogen) atoms. The van der Waals surface area contributed by atoms with Gasteiger partial charge >= 0.3 is 0 Å². The first-order valence-electron chi connectivity index (χ1n) is 6.37. The first-order chi connectivity index (χ1) is 10.2. The minimum Gasteiger partial charge on any atom is -0.496 e. The van der Waals surface area contributed by atoms with Crippen molar-refractivity contribution in [2.24, 2.45) is 0 Å². The molecule has 0 aliphatic heterocycles. The molecule has 1 aromatic carbocycles. The Morgan fingerprint density at radius 2 is 2.05 bits per heavy atom. The van der Waals surface area contributed by atoms with Gasteiger partial charge in [0.1, 0.15) is 5.75 Å². The average molecular weight is 282 g/mol. The number of nitrogens with two attached hydrogens (primary N) is 1. The van der Waals surface area contributed by atoms with Crippen LogP contribution >= 0.6 is 0 Å². The number of nitrogen functional groups attached to an aromatic ring is 1. The molecular weight excluding hydrogens is 268 g/mol. The molecule has 0 aliphatic rings. The zero-order chi connectivity index (χ0) is 14.8. The number of nitrogens with zero attached hydrogens (tertiary/aromatic N) is 1. The molecule has 0 fully saturated rings. The van der Waals surface area contributed by atoms with Crippen LogP contribution in [0.1, 0.15) is 0 Å². The van der Waals surface area contributed by atoms with Crippen molar-refractivity contribution in [3.63, 3.8) is 0 Å². The molecule has 106 valence electrons. The molecule has 6 nitrogen and oxygen atoms in total. The lowest BCUT2D eigenvalue weighted by molar-refractivity contribution is 0.416. The minimum atomic E-state index is -0.188. The van der Waals surface area contributed by atoms with Crippen LogP contribution < -0.4 is 16.0 Å². The number of ether oxygens (including phenoxy) is 1. The summed E-state index contributed by atoms with van der Waals surface area (Å²) in [5.41, 5.74) is 8.74. The van der Waals surface area contributed by atoms with Gasteiger partial charge in [-0.15, -0.1) is 0 Å². The first kappa shape index (κ1) is 13.0. The number of aromatic nitrogens is 3. The molecule has 2 aromatic heterocycles. The van der Waals surface area contributed by atoms with E-state index in [1.165, 1.54) is 6.07 Å². The molecule has 0 saturated heterocycles. The van der Waals surface area contributed by atoms with E-state index in [2.05, 4.69) is 15.2 Å². The van der Waals surface area contributed by atoms with Gasteiger partial charge in [-0.1, -0.05) is 18.2 Å². The minimum absolute atomic E-state index is 0.188. The number of nitrogens with one attached hydrogen (secondary N) is 2. The van der Waals surface area contributed by atoms with Gasteiger partial charge < -0.3 is 15.5 Å². The van der Waals surface area contributed by atoms with E-state index in [4.69, 9.17) is 10.5 Å². The number of benzene rings is 1. The van der Waals surface area contributed by atoms with E-state index in [1.807, 2.05) is 24.3 Å². The maximum absolute atomic E-state index is 11.5. The molecule has 0 bridgehead atoms. The number of hydrogen-bond donors (Lipinski definition) is 3. The Morgan fingerprint density at radius 3 is 2.81 bits per heavy atom. The Hall–Kier alpha value is -3.02. The lowest BCUT2D eigenvalue weighted by atomic mass is 10.0. The van der Waals surface area contributed by atoms with E-state index < -0.39 is 0 Å². The molecule has 4 N–H and O–H groups in total. The molecule has 0 radical (unpaired) electrons. The van der Waals surface area contributed by atoms with Crippen molar-refractivity contribution in [3.8, 4) is 28.1 Å². The molecule has 6 heteroatoms. The predicted molar refractivity (Wildman–Crippen MR) is 81.0 cm³/mol. The largest absolute Gasteiger partial charge is 0.496 e. The highest BCUT2D eigenvalue weighted by Gasteiger charge is 2.18. The number of para-hydroxylation sites is 1. The van der Waals surface area contributed by atoms with Crippen molar-refractivity contribution in [2.45, 2.75) is 0 Å². The third kappa shape index (κ3) is 2.27. The third-order valence-corrected chi connectivity index (χ3v) is 3.23. The third-order valence-electron chi connectivity index (χ3n) is 3.23. The summed E-state index contributed by atoms with van der Waals surface area (Å²) in [7, 11) is 1.60. The van der Waals surface area contributed by atoms with E-state index in [1.54, 1.807) is 19.4 Å². The van der Waals surface area contributed by atoms with Gasteiger partial charge in [-0.2, -0.15) is 5.10 Å². The Balaban J connectivity index is 2.25. The van der Waals surface area contributed by atoms with Crippen LogP contribution in [0.25, 0.3) is 22.4 Å². The zero-order valence-electron chi connectivity index (χ0n) is 11.4. The Labute approximate surface area is 120 Å². The normalized spacial score (nSPS) is 10.5. The van der Waals surface area contributed by atoms with Crippen molar-refractivity contribution in [2.75, 3.05) is 12.8 Å². The standard InChI is InChI=1S/C15H14N4O2/c1-21-11-5-3-2-4-10(11)13-14(18-19-15(13)16)9-6-7-17-12(20)8-9/h2-8H,1H3,(H,17,20)(H3,16,18,19). The second kappa shape index (κ2) is 5.16. The monoisotopic (exact) mass is 282 g/mol. The molecule has 0 atom stereocenters. The number of pyridine rings is 1. The fourth-order valence-electron chi connectivity index (χ4n) is 2.29. The Kier molecular flexibility index (Phi) is 3.19. The lowest BCUT2D eigenvalue weighted by Crippen LogP contribution is -2.02. The average Bonchev–Trinajstić information content (AvgIpc) is 2.89.